The quantitative estimate of drug-likeness (QED) is 0.299. The van der Waals surface area contributed by atoms with Crippen LogP contribution < -0.4 is 14.8 Å². The molecule has 1 atom stereocenters. The predicted octanol–water partition coefficient (Wildman–Crippen LogP) is 5.57. The highest BCUT2D eigenvalue weighted by molar-refractivity contribution is 7.91. The lowest BCUT2D eigenvalue weighted by atomic mass is 10.1. The number of hydrogen-bond donors (Lipinski definition) is 1. The number of alkyl halides is 2. The average Bonchev–Trinajstić information content (AvgIpc) is 3.63. The molecule has 1 N–H and O–H groups in total. The third-order valence-corrected chi connectivity index (χ3v) is 9.08. The summed E-state index contributed by atoms with van der Waals surface area (Å²) in [6.45, 7) is 3.73. The maximum atomic E-state index is 13.8. The van der Waals surface area contributed by atoms with E-state index in [4.69, 9.17) is 9.72 Å². The normalized spacial score (nSPS) is 16.7. The topological polar surface area (TPSA) is 99.5 Å². The van der Waals surface area contributed by atoms with Crippen LogP contribution in [0.2, 0.25) is 0 Å². The predicted molar refractivity (Wildman–Crippen MR) is 144 cm³/mol. The van der Waals surface area contributed by atoms with Crippen molar-refractivity contribution in [2.45, 2.75) is 56.4 Å². The smallest absolute Gasteiger partial charge is 0.395 e. The molecule has 0 bridgehead atoms. The molecular weight excluding hydrogens is 540 g/mol. The largest absolute Gasteiger partial charge is 0.586 e. The van der Waals surface area contributed by atoms with Crippen molar-refractivity contribution in [3.63, 3.8) is 0 Å². The van der Waals surface area contributed by atoms with E-state index in [0.29, 0.717) is 16.6 Å². The van der Waals surface area contributed by atoms with Crippen LogP contribution in [0.3, 0.4) is 0 Å². The highest BCUT2D eigenvalue weighted by atomic mass is 32.2. The van der Waals surface area contributed by atoms with E-state index in [1.807, 2.05) is 17.6 Å². The molecule has 40 heavy (non-hydrogen) atoms. The van der Waals surface area contributed by atoms with Crippen molar-refractivity contribution in [3.8, 4) is 11.5 Å². The van der Waals surface area contributed by atoms with Crippen LogP contribution in [-0.4, -0.2) is 35.9 Å². The van der Waals surface area contributed by atoms with Crippen molar-refractivity contribution in [1.82, 2.24) is 14.9 Å². The summed E-state index contributed by atoms with van der Waals surface area (Å²) in [6, 6.07) is 16.2. The number of halogens is 2. The molecule has 11 heteroatoms. The van der Waals surface area contributed by atoms with Gasteiger partial charge in [0.15, 0.2) is 21.3 Å². The van der Waals surface area contributed by atoms with Crippen LogP contribution in [0.25, 0.3) is 11.0 Å². The van der Waals surface area contributed by atoms with Gasteiger partial charge in [0.2, 0.25) is 0 Å². The molecule has 0 saturated heterocycles. The monoisotopic (exact) mass is 567 g/mol. The Kier molecular flexibility index (Phi) is 6.29. The molecule has 1 aliphatic heterocycles. The first-order valence-corrected chi connectivity index (χ1v) is 14.7. The molecule has 1 aromatic heterocycles. The highest BCUT2D eigenvalue weighted by Crippen LogP contribution is 2.48. The molecule has 6 rings (SSSR count). The van der Waals surface area contributed by atoms with Crippen molar-refractivity contribution >= 4 is 26.8 Å². The number of hydrogen-bond acceptors (Lipinski definition) is 6. The Morgan fingerprint density at radius 2 is 1.88 bits per heavy atom. The molecule has 208 valence electrons. The standard InChI is InChI=1S/C29H27F2N3O5S/c1-3-40(36,37)21-12-7-18(8-13-21)16-32-28(35)20-11-14-24-23(15-20)33-27(19-9-10-19)34(24)17(2)22-5-4-6-25-26(22)39-29(30,31)38-25/h4-8,11-15,17,19H,3,9-10,16H2,1-2H3,(H,32,35). The van der Waals surface area contributed by atoms with Crippen molar-refractivity contribution in [2.24, 2.45) is 0 Å². The minimum atomic E-state index is -3.72. The van der Waals surface area contributed by atoms with E-state index < -0.39 is 16.1 Å². The van der Waals surface area contributed by atoms with Crippen LogP contribution in [0, 0.1) is 0 Å². The lowest BCUT2D eigenvalue weighted by Crippen LogP contribution is -2.26. The number of amides is 1. The zero-order valence-corrected chi connectivity index (χ0v) is 22.7. The Hall–Kier alpha value is -3.99. The number of nitrogens with one attached hydrogen (secondary N) is 1. The number of sulfone groups is 1. The fourth-order valence-corrected chi connectivity index (χ4v) is 5.90. The fourth-order valence-electron chi connectivity index (χ4n) is 5.02. The van der Waals surface area contributed by atoms with Crippen LogP contribution in [-0.2, 0) is 16.4 Å². The van der Waals surface area contributed by atoms with Crippen LogP contribution in [0.1, 0.15) is 66.0 Å². The van der Waals surface area contributed by atoms with Crippen LogP contribution in [0.4, 0.5) is 8.78 Å². The van der Waals surface area contributed by atoms with E-state index in [1.165, 1.54) is 6.07 Å². The molecule has 1 saturated carbocycles. The summed E-state index contributed by atoms with van der Waals surface area (Å²) in [5.41, 5.74) is 3.16. The molecule has 1 aliphatic carbocycles. The summed E-state index contributed by atoms with van der Waals surface area (Å²) in [6.07, 6.45) is -1.76. The Morgan fingerprint density at radius 3 is 2.58 bits per heavy atom. The molecule has 4 aromatic rings. The first-order valence-electron chi connectivity index (χ1n) is 13.1. The summed E-state index contributed by atoms with van der Waals surface area (Å²) >= 11 is 0. The third-order valence-electron chi connectivity index (χ3n) is 7.33. The highest BCUT2D eigenvalue weighted by Gasteiger charge is 2.45. The van der Waals surface area contributed by atoms with Gasteiger partial charge in [-0.3, -0.25) is 4.79 Å². The molecular formula is C29H27F2N3O5S. The van der Waals surface area contributed by atoms with E-state index in [9.17, 15) is 22.0 Å². The Morgan fingerprint density at radius 1 is 1.12 bits per heavy atom. The Bertz CT molecular complexity index is 1730. The second-order valence-corrected chi connectivity index (χ2v) is 12.3. The number of nitrogens with zero attached hydrogens (tertiary/aromatic N) is 2. The average molecular weight is 568 g/mol. The van der Waals surface area contributed by atoms with Crippen molar-refractivity contribution < 1.29 is 31.5 Å². The lowest BCUT2D eigenvalue weighted by molar-refractivity contribution is -0.287. The zero-order chi connectivity index (χ0) is 28.2. The van der Waals surface area contributed by atoms with Gasteiger partial charge in [-0.25, -0.2) is 13.4 Å². The van der Waals surface area contributed by atoms with Crippen molar-refractivity contribution in [2.75, 3.05) is 5.75 Å². The Balaban J connectivity index is 1.26. The number of para-hydroxylation sites is 1. The third kappa shape index (κ3) is 4.78. The zero-order valence-electron chi connectivity index (χ0n) is 21.9. The molecule has 8 nitrogen and oxygen atoms in total. The summed E-state index contributed by atoms with van der Waals surface area (Å²) in [5, 5.41) is 2.87. The van der Waals surface area contributed by atoms with Gasteiger partial charge in [0.1, 0.15) is 5.82 Å². The first-order chi connectivity index (χ1) is 19.1. The van der Waals surface area contributed by atoms with Gasteiger partial charge in [-0.05, 0) is 61.7 Å². The van der Waals surface area contributed by atoms with Gasteiger partial charge in [0.05, 0.1) is 27.7 Å². The van der Waals surface area contributed by atoms with Gasteiger partial charge >= 0.3 is 6.29 Å². The van der Waals surface area contributed by atoms with Gasteiger partial charge in [-0.15, -0.1) is 8.78 Å². The van der Waals surface area contributed by atoms with Crippen LogP contribution in [0.15, 0.2) is 65.6 Å². The molecule has 1 fully saturated rings. The number of carbonyl (C=O) groups excluding carboxylic acids is 1. The summed E-state index contributed by atoms with van der Waals surface area (Å²) in [7, 11) is -3.29. The summed E-state index contributed by atoms with van der Waals surface area (Å²) in [4.78, 5) is 18.1. The van der Waals surface area contributed by atoms with E-state index in [2.05, 4.69) is 10.1 Å². The minimum absolute atomic E-state index is 0.00710. The van der Waals surface area contributed by atoms with E-state index in [-0.39, 0.29) is 46.6 Å². The minimum Gasteiger partial charge on any atom is -0.395 e. The SMILES string of the molecule is CCS(=O)(=O)c1ccc(CNC(=O)c2ccc3c(c2)nc(C2CC2)n3C(C)c2cccc3c2OC(F)(F)O3)cc1. The fraction of sp³-hybridized carbons (Fsp3) is 0.310. The molecule has 3 aromatic carbocycles. The number of imidazole rings is 1. The number of ether oxygens (including phenoxy) is 2. The van der Waals surface area contributed by atoms with Crippen LogP contribution in [0.5, 0.6) is 11.5 Å². The lowest BCUT2D eigenvalue weighted by Gasteiger charge is -2.19. The maximum absolute atomic E-state index is 13.8. The molecule has 1 amide bonds. The van der Waals surface area contributed by atoms with Crippen LogP contribution >= 0.6 is 0 Å². The van der Waals surface area contributed by atoms with Crippen molar-refractivity contribution in [1.29, 1.82) is 0 Å². The van der Waals surface area contributed by atoms with Gasteiger partial charge in [-0.2, -0.15) is 0 Å². The van der Waals surface area contributed by atoms with Gasteiger partial charge in [0, 0.05) is 23.6 Å². The molecule has 2 heterocycles. The molecule has 2 aliphatic rings. The number of fused-ring (bicyclic) bond motifs is 2. The van der Waals surface area contributed by atoms with Gasteiger partial charge in [-0.1, -0.05) is 31.2 Å². The second-order valence-electron chi connectivity index (χ2n) is 10.1. The van der Waals surface area contributed by atoms with Crippen molar-refractivity contribution in [3.05, 3.63) is 83.2 Å². The van der Waals surface area contributed by atoms with Gasteiger partial charge < -0.3 is 19.4 Å². The summed E-state index contributed by atoms with van der Waals surface area (Å²) in [5.74, 6) is 0.824. The van der Waals surface area contributed by atoms with Gasteiger partial charge in [0.25, 0.3) is 5.91 Å². The van der Waals surface area contributed by atoms with E-state index in [1.54, 1.807) is 55.5 Å². The molecule has 1 unspecified atom stereocenters. The second kappa shape index (κ2) is 9.58. The molecule has 0 radical (unpaired) electrons. The van der Waals surface area contributed by atoms with E-state index in [0.717, 1.165) is 29.7 Å². The number of aromatic nitrogens is 2. The number of carbonyl (C=O) groups is 1. The Labute approximate surface area is 229 Å². The number of rotatable bonds is 8. The molecule has 0 spiro atoms. The van der Waals surface area contributed by atoms with E-state index >= 15 is 0 Å². The first kappa shape index (κ1) is 26.2. The summed E-state index contributed by atoms with van der Waals surface area (Å²) < 4.78 is 63.2. The maximum Gasteiger partial charge on any atom is 0.586 e. The number of benzene rings is 3.